The minimum absolute atomic E-state index is 0.716. The minimum atomic E-state index is 0.716. The van der Waals surface area contributed by atoms with Gasteiger partial charge >= 0.3 is 0 Å². The van der Waals surface area contributed by atoms with Crippen LogP contribution >= 0.6 is 0 Å². The number of hydrogen-bond donors (Lipinski definition) is 1. The highest BCUT2D eigenvalue weighted by atomic mass is 15.2. The second-order valence-electron chi connectivity index (χ2n) is 6.85. The highest BCUT2D eigenvalue weighted by molar-refractivity contribution is 4.88. The van der Waals surface area contributed by atoms with Gasteiger partial charge in [0.05, 0.1) is 0 Å². The van der Waals surface area contributed by atoms with Crippen molar-refractivity contribution in [2.24, 2.45) is 17.6 Å². The van der Waals surface area contributed by atoms with E-state index in [0.717, 1.165) is 24.4 Å². The van der Waals surface area contributed by atoms with Crippen LogP contribution in [0, 0.1) is 11.8 Å². The molecule has 1 aliphatic heterocycles. The average Bonchev–Trinajstić information content (AvgIpc) is 2.85. The number of rotatable bonds is 5. The van der Waals surface area contributed by atoms with Crippen LogP contribution < -0.4 is 5.73 Å². The predicted octanol–water partition coefficient (Wildman–Crippen LogP) is 2.17. The van der Waals surface area contributed by atoms with Gasteiger partial charge in [0.25, 0.3) is 0 Å². The van der Waals surface area contributed by atoms with Crippen LogP contribution in [0.5, 0.6) is 0 Å². The normalized spacial score (nSPS) is 37.1. The molecule has 0 bridgehead atoms. The van der Waals surface area contributed by atoms with Crippen molar-refractivity contribution in [2.75, 3.05) is 33.2 Å². The Bertz CT molecular complexity index is 269. The summed E-state index contributed by atoms with van der Waals surface area (Å²) < 4.78 is 0. The van der Waals surface area contributed by atoms with Crippen molar-refractivity contribution in [3.05, 3.63) is 0 Å². The highest BCUT2D eigenvalue weighted by Gasteiger charge is 2.33. The third-order valence-electron chi connectivity index (χ3n) is 5.49. The van der Waals surface area contributed by atoms with Gasteiger partial charge in [-0.1, -0.05) is 20.3 Å². The molecule has 0 aromatic rings. The molecule has 3 nitrogen and oxygen atoms in total. The van der Waals surface area contributed by atoms with E-state index in [-0.39, 0.29) is 0 Å². The Balaban J connectivity index is 1.91. The molecule has 2 aliphatic rings. The van der Waals surface area contributed by atoms with Crippen molar-refractivity contribution in [3.8, 4) is 0 Å². The maximum Gasteiger partial charge on any atom is 0.0223 e. The van der Waals surface area contributed by atoms with Gasteiger partial charge in [-0.3, -0.25) is 4.90 Å². The van der Waals surface area contributed by atoms with E-state index < -0.39 is 0 Å². The van der Waals surface area contributed by atoms with Crippen molar-refractivity contribution in [3.63, 3.8) is 0 Å². The molecule has 3 heteroatoms. The van der Waals surface area contributed by atoms with Crippen molar-refractivity contribution >= 4 is 0 Å². The van der Waals surface area contributed by atoms with Gasteiger partial charge < -0.3 is 10.6 Å². The summed E-state index contributed by atoms with van der Waals surface area (Å²) in [6, 6.07) is 1.50. The van der Waals surface area contributed by atoms with E-state index in [1.54, 1.807) is 0 Å². The van der Waals surface area contributed by atoms with Gasteiger partial charge in [0.15, 0.2) is 0 Å². The third-order valence-corrected chi connectivity index (χ3v) is 5.49. The van der Waals surface area contributed by atoms with Crippen LogP contribution in [0.4, 0.5) is 0 Å². The van der Waals surface area contributed by atoms with Crippen molar-refractivity contribution in [2.45, 2.75) is 58.0 Å². The lowest BCUT2D eigenvalue weighted by atomic mass is 9.78. The number of likely N-dealkylation sites (tertiary alicyclic amines) is 1. The molecule has 19 heavy (non-hydrogen) atoms. The molecule has 0 radical (unpaired) electrons. The molecule has 0 aromatic carbocycles. The Morgan fingerprint density at radius 3 is 2.74 bits per heavy atom. The SMILES string of the molecule is CCN1CCCC1CN(C)C1CC(C)CCC1CN. The molecule has 4 unspecified atom stereocenters. The van der Waals surface area contributed by atoms with Crippen LogP contribution in [0.15, 0.2) is 0 Å². The summed E-state index contributed by atoms with van der Waals surface area (Å²) >= 11 is 0. The Morgan fingerprint density at radius 1 is 1.26 bits per heavy atom. The maximum absolute atomic E-state index is 6.00. The smallest absolute Gasteiger partial charge is 0.0223 e. The monoisotopic (exact) mass is 267 g/mol. The summed E-state index contributed by atoms with van der Waals surface area (Å²) in [7, 11) is 2.33. The fourth-order valence-electron chi connectivity index (χ4n) is 4.21. The molecule has 0 aromatic heterocycles. The molecule has 4 atom stereocenters. The number of nitrogens with two attached hydrogens (primary N) is 1. The molecule has 112 valence electrons. The summed E-state index contributed by atoms with van der Waals surface area (Å²) in [5.41, 5.74) is 6.00. The molecule has 2 N–H and O–H groups in total. The summed E-state index contributed by atoms with van der Waals surface area (Å²) in [6.07, 6.45) is 6.81. The number of hydrogen-bond acceptors (Lipinski definition) is 3. The van der Waals surface area contributed by atoms with Gasteiger partial charge in [0.1, 0.15) is 0 Å². The molecule has 1 saturated carbocycles. The molecular formula is C16H33N3. The van der Waals surface area contributed by atoms with Gasteiger partial charge in [0.2, 0.25) is 0 Å². The van der Waals surface area contributed by atoms with Gasteiger partial charge in [-0.25, -0.2) is 0 Å². The first-order valence-corrected chi connectivity index (χ1v) is 8.30. The van der Waals surface area contributed by atoms with Crippen LogP contribution in [0.1, 0.15) is 46.0 Å². The standard InChI is InChI=1S/C16H33N3/c1-4-19-9-5-6-15(19)12-18(3)16-10-13(2)7-8-14(16)11-17/h13-16H,4-12,17H2,1-3H3. The van der Waals surface area contributed by atoms with Crippen LogP contribution in [-0.4, -0.2) is 55.1 Å². The summed E-state index contributed by atoms with van der Waals surface area (Å²) in [5.74, 6) is 1.60. The van der Waals surface area contributed by atoms with Crippen LogP contribution in [0.25, 0.3) is 0 Å². The second-order valence-corrected chi connectivity index (χ2v) is 6.85. The van der Waals surface area contributed by atoms with E-state index in [1.165, 1.54) is 51.7 Å². The molecule has 0 amide bonds. The second kappa shape index (κ2) is 7.05. The molecule has 1 heterocycles. The topological polar surface area (TPSA) is 32.5 Å². The van der Waals surface area contributed by atoms with Crippen LogP contribution in [0.2, 0.25) is 0 Å². The zero-order valence-electron chi connectivity index (χ0n) is 13.1. The molecule has 1 saturated heterocycles. The fraction of sp³-hybridized carbons (Fsp3) is 1.00. The Hall–Kier alpha value is -0.120. The first-order valence-electron chi connectivity index (χ1n) is 8.30. The molecular weight excluding hydrogens is 234 g/mol. The summed E-state index contributed by atoms with van der Waals surface area (Å²) in [4.78, 5) is 5.28. The van der Waals surface area contributed by atoms with Crippen molar-refractivity contribution in [1.29, 1.82) is 0 Å². The lowest BCUT2D eigenvalue weighted by Crippen LogP contribution is -2.49. The van der Waals surface area contributed by atoms with Gasteiger partial charge in [-0.2, -0.15) is 0 Å². The lowest BCUT2D eigenvalue weighted by Gasteiger charge is -2.41. The Labute approximate surface area is 119 Å². The van der Waals surface area contributed by atoms with Gasteiger partial charge in [-0.05, 0) is 64.2 Å². The first kappa shape index (κ1) is 15.3. The zero-order chi connectivity index (χ0) is 13.8. The van der Waals surface area contributed by atoms with E-state index in [9.17, 15) is 0 Å². The predicted molar refractivity (Wildman–Crippen MR) is 82.2 cm³/mol. The Morgan fingerprint density at radius 2 is 2.05 bits per heavy atom. The third kappa shape index (κ3) is 3.71. The highest BCUT2D eigenvalue weighted by Crippen LogP contribution is 2.32. The largest absolute Gasteiger partial charge is 0.330 e. The lowest BCUT2D eigenvalue weighted by molar-refractivity contribution is 0.0843. The zero-order valence-corrected chi connectivity index (χ0v) is 13.1. The average molecular weight is 267 g/mol. The number of likely N-dealkylation sites (N-methyl/N-ethyl adjacent to an activating group) is 2. The fourth-order valence-corrected chi connectivity index (χ4v) is 4.21. The van der Waals surface area contributed by atoms with Crippen LogP contribution in [-0.2, 0) is 0 Å². The van der Waals surface area contributed by atoms with E-state index in [1.807, 2.05) is 0 Å². The van der Waals surface area contributed by atoms with Crippen molar-refractivity contribution < 1.29 is 0 Å². The minimum Gasteiger partial charge on any atom is -0.330 e. The van der Waals surface area contributed by atoms with Gasteiger partial charge in [-0.15, -0.1) is 0 Å². The van der Waals surface area contributed by atoms with Crippen LogP contribution in [0.3, 0.4) is 0 Å². The molecule has 1 aliphatic carbocycles. The van der Waals surface area contributed by atoms with E-state index in [2.05, 4.69) is 30.7 Å². The van der Waals surface area contributed by atoms with Crippen molar-refractivity contribution in [1.82, 2.24) is 9.80 Å². The summed E-state index contributed by atoms with van der Waals surface area (Å²) in [6.45, 7) is 9.31. The van der Waals surface area contributed by atoms with E-state index in [4.69, 9.17) is 5.73 Å². The molecule has 2 fully saturated rings. The quantitative estimate of drug-likeness (QED) is 0.828. The van der Waals surface area contributed by atoms with E-state index in [0.29, 0.717) is 6.04 Å². The maximum atomic E-state index is 6.00. The summed E-state index contributed by atoms with van der Waals surface area (Å²) in [5, 5.41) is 0. The molecule has 0 spiro atoms. The molecule has 2 rings (SSSR count). The first-order chi connectivity index (χ1) is 9.15. The van der Waals surface area contributed by atoms with E-state index >= 15 is 0 Å². The van der Waals surface area contributed by atoms with Gasteiger partial charge in [0, 0.05) is 18.6 Å². The number of nitrogens with zero attached hydrogens (tertiary/aromatic N) is 2. The Kier molecular flexibility index (Phi) is 5.67.